The summed E-state index contributed by atoms with van der Waals surface area (Å²) in [7, 11) is 0. The summed E-state index contributed by atoms with van der Waals surface area (Å²) < 4.78 is 5.47. The third-order valence-electron chi connectivity index (χ3n) is 4.77. The van der Waals surface area contributed by atoms with Gasteiger partial charge in [-0.05, 0) is 31.0 Å². The molecule has 1 unspecified atom stereocenters. The van der Waals surface area contributed by atoms with Gasteiger partial charge in [0.15, 0.2) is 0 Å². The van der Waals surface area contributed by atoms with E-state index in [-0.39, 0.29) is 0 Å². The van der Waals surface area contributed by atoms with E-state index in [1.807, 2.05) is 24.4 Å². The van der Waals surface area contributed by atoms with E-state index in [2.05, 4.69) is 14.8 Å². The Labute approximate surface area is 141 Å². The Morgan fingerprint density at radius 2 is 2.00 bits per heavy atom. The number of ether oxygens (including phenoxy) is 1. The topological polar surface area (TPSA) is 41.5 Å². The van der Waals surface area contributed by atoms with Crippen LogP contribution in [0.5, 0.6) is 0 Å². The lowest BCUT2D eigenvalue weighted by Gasteiger charge is -2.41. The Balaban J connectivity index is 1.53. The van der Waals surface area contributed by atoms with Crippen molar-refractivity contribution >= 4 is 28.5 Å². The van der Waals surface area contributed by atoms with Crippen LogP contribution in [0, 0.1) is 0 Å². The number of aromatic nitrogens is 2. The highest BCUT2D eigenvalue weighted by Gasteiger charge is 2.27. The molecule has 0 amide bonds. The van der Waals surface area contributed by atoms with Crippen molar-refractivity contribution in [1.29, 1.82) is 0 Å². The number of halogens is 1. The van der Waals surface area contributed by atoms with E-state index in [0.29, 0.717) is 11.1 Å². The molecule has 0 radical (unpaired) electrons. The summed E-state index contributed by atoms with van der Waals surface area (Å²) in [6.07, 6.45) is 4.33. The highest BCUT2D eigenvalue weighted by molar-refractivity contribution is 6.31. The smallest absolute Gasteiger partial charge is 0.147 e. The van der Waals surface area contributed by atoms with Crippen LogP contribution in [0.1, 0.15) is 12.8 Å². The van der Waals surface area contributed by atoms with Crippen molar-refractivity contribution < 1.29 is 4.74 Å². The average Bonchev–Trinajstić information content (AvgIpc) is 2.62. The first kappa shape index (κ1) is 15.1. The standard InChI is InChI=1S/C17H21ClN4O/c18-13-3-4-15-16(10-13)19-11-17(20-15)22-5-1-2-14(12-22)21-6-8-23-9-7-21/h3-4,10-11,14H,1-2,5-9,12H2. The van der Waals surface area contributed by atoms with Gasteiger partial charge in [-0.25, -0.2) is 4.98 Å². The maximum Gasteiger partial charge on any atom is 0.147 e. The predicted molar refractivity (Wildman–Crippen MR) is 92.2 cm³/mol. The molecular weight excluding hydrogens is 312 g/mol. The molecule has 1 aromatic carbocycles. The van der Waals surface area contributed by atoms with Crippen LogP contribution in [0.15, 0.2) is 24.4 Å². The zero-order valence-corrected chi connectivity index (χ0v) is 13.9. The second-order valence-electron chi connectivity index (χ2n) is 6.25. The number of nitrogens with zero attached hydrogens (tertiary/aromatic N) is 4. The highest BCUT2D eigenvalue weighted by atomic mass is 35.5. The number of benzene rings is 1. The number of fused-ring (bicyclic) bond motifs is 1. The lowest BCUT2D eigenvalue weighted by molar-refractivity contribution is 0.0137. The Bertz CT molecular complexity index is 689. The van der Waals surface area contributed by atoms with Crippen LogP contribution in [0.2, 0.25) is 5.02 Å². The van der Waals surface area contributed by atoms with Crippen molar-refractivity contribution in [3.63, 3.8) is 0 Å². The van der Waals surface area contributed by atoms with E-state index in [1.54, 1.807) is 0 Å². The van der Waals surface area contributed by atoms with Gasteiger partial charge in [-0.2, -0.15) is 0 Å². The maximum atomic E-state index is 6.02. The molecule has 2 aromatic rings. The lowest BCUT2D eigenvalue weighted by atomic mass is 10.0. The minimum Gasteiger partial charge on any atom is -0.379 e. The van der Waals surface area contributed by atoms with Crippen LogP contribution in [-0.4, -0.2) is 60.3 Å². The molecule has 6 heteroatoms. The number of hydrogen-bond donors (Lipinski definition) is 0. The van der Waals surface area contributed by atoms with E-state index in [1.165, 1.54) is 12.8 Å². The summed E-state index contributed by atoms with van der Waals surface area (Å²) in [5.74, 6) is 0.970. The fraction of sp³-hybridized carbons (Fsp3) is 0.529. The van der Waals surface area contributed by atoms with E-state index >= 15 is 0 Å². The Hall–Kier alpha value is -1.43. The number of anilines is 1. The fourth-order valence-corrected chi connectivity index (χ4v) is 3.70. The van der Waals surface area contributed by atoms with Crippen molar-refractivity contribution in [2.24, 2.45) is 0 Å². The highest BCUT2D eigenvalue weighted by Crippen LogP contribution is 2.23. The Morgan fingerprint density at radius 3 is 2.87 bits per heavy atom. The van der Waals surface area contributed by atoms with E-state index < -0.39 is 0 Å². The van der Waals surface area contributed by atoms with Gasteiger partial charge in [0.25, 0.3) is 0 Å². The van der Waals surface area contributed by atoms with E-state index in [4.69, 9.17) is 21.3 Å². The summed E-state index contributed by atoms with van der Waals surface area (Å²) in [5, 5.41) is 0.699. The van der Waals surface area contributed by atoms with Crippen LogP contribution in [0.25, 0.3) is 11.0 Å². The average molecular weight is 333 g/mol. The summed E-state index contributed by atoms with van der Waals surface area (Å²) in [6, 6.07) is 6.27. The van der Waals surface area contributed by atoms with E-state index in [0.717, 1.165) is 56.2 Å². The molecule has 2 aliphatic heterocycles. The summed E-state index contributed by atoms with van der Waals surface area (Å²) in [5.41, 5.74) is 1.75. The van der Waals surface area contributed by atoms with Gasteiger partial charge in [-0.15, -0.1) is 0 Å². The maximum absolute atomic E-state index is 6.02. The van der Waals surface area contributed by atoms with Gasteiger partial charge in [0, 0.05) is 37.2 Å². The van der Waals surface area contributed by atoms with Gasteiger partial charge in [0.05, 0.1) is 30.4 Å². The fourth-order valence-electron chi connectivity index (χ4n) is 3.53. The SMILES string of the molecule is Clc1ccc2nc(N3CCCC(N4CCOCC4)C3)cnc2c1. The van der Waals surface area contributed by atoms with Crippen molar-refractivity contribution in [2.45, 2.75) is 18.9 Å². The summed E-state index contributed by atoms with van der Waals surface area (Å²) in [4.78, 5) is 14.2. The van der Waals surface area contributed by atoms with Crippen molar-refractivity contribution in [2.75, 3.05) is 44.3 Å². The van der Waals surface area contributed by atoms with Crippen LogP contribution in [-0.2, 0) is 4.74 Å². The molecule has 0 bridgehead atoms. The molecular formula is C17H21ClN4O. The first-order valence-corrected chi connectivity index (χ1v) is 8.66. The second kappa shape index (κ2) is 6.59. The zero-order valence-electron chi connectivity index (χ0n) is 13.1. The Morgan fingerprint density at radius 1 is 1.13 bits per heavy atom. The van der Waals surface area contributed by atoms with Gasteiger partial charge in [-0.1, -0.05) is 11.6 Å². The van der Waals surface area contributed by atoms with Gasteiger partial charge < -0.3 is 9.64 Å². The van der Waals surface area contributed by atoms with Gasteiger partial charge in [-0.3, -0.25) is 9.88 Å². The van der Waals surface area contributed by atoms with E-state index in [9.17, 15) is 0 Å². The number of hydrogen-bond acceptors (Lipinski definition) is 5. The van der Waals surface area contributed by atoms with Crippen LogP contribution in [0.3, 0.4) is 0 Å². The third kappa shape index (κ3) is 3.27. The molecule has 2 aliphatic rings. The number of piperidine rings is 1. The predicted octanol–water partition coefficient (Wildman–Crippen LogP) is 2.58. The molecule has 0 saturated carbocycles. The molecule has 122 valence electrons. The largest absolute Gasteiger partial charge is 0.379 e. The number of rotatable bonds is 2. The first-order chi connectivity index (χ1) is 11.3. The normalized spacial score (nSPS) is 23.3. The van der Waals surface area contributed by atoms with Crippen molar-refractivity contribution in [3.05, 3.63) is 29.4 Å². The summed E-state index contributed by atoms with van der Waals surface area (Å²) >= 11 is 6.02. The number of morpholine rings is 1. The molecule has 2 saturated heterocycles. The molecule has 4 rings (SSSR count). The van der Waals surface area contributed by atoms with Crippen LogP contribution >= 0.6 is 11.6 Å². The molecule has 2 fully saturated rings. The molecule has 1 aromatic heterocycles. The molecule has 0 aliphatic carbocycles. The van der Waals surface area contributed by atoms with Gasteiger partial charge in [0.2, 0.25) is 0 Å². The monoisotopic (exact) mass is 332 g/mol. The first-order valence-electron chi connectivity index (χ1n) is 8.29. The van der Waals surface area contributed by atoms with Gasteiger partial charge in [0.1, 0.15) is 5.82 Å². The molecule has 1 atom stereocenters. The molecule has 3 heterocycles. The minimum absolute atomic E-state index is 0.593. The van der Waals surface area contributed by atoms with Crippen LogP contribution < -0.4 is 4.90 Å². The summed E-state index contributed by atoms with van der Waals surface area (Å²) in [6.45, 7) is 5.86. The minimum atomic E-state index is 0.593. The quantitative estimate of drug-likeness (QED) is 0.845. The van der Waals surface area contributed by atoms with Crippen LogP contribution in [0.4, 0.5) is 5.82 Å². The lowest BCUT2D eigenvalue weighted by Crippen LogP contribution is -2.51. The Kier molecular flexibility index (Phi) is 4.33. The van der Waals surface area contributed by atoms with Crippen molar-refractivity contribution in [1.82, 2.24) is 14.9 Å². The zero-order chi connectivity index (χ0) is 15.6. The second-order valence-corrected chi connectivity index (χ2v) is 6.69. The molecule has 5 nitrogen and oxygen atoms in total. The molecule has 23 heavy (non-hydrogen) atoms. The molecule has 0 N–H and O–H groups in total. The van der Waals surface area contributed by atoms with Crippen molar-refractivity contribution in [3.8, 4) is 0 Å². The van der Waals surface area contributed by atoms with Gasteiger partial charge >= 0.3 is 0 Å². The molecule has 0 spiro atoms. The third-order valence-corrected chi connectivity index (χ3v) is 5.01.